The Bertz CT molecular complexity index is 915. The molecule has 1 fully saturated rings. The van der Waals surface area contributed by atoms with Crippen LogP contribution in [0, 0.1) is 6.92 Å². The van der Waals surface area contributed by atoms with Gasteiger partial charge < -0.3 is 20.7 Å². The minimum absolute atomic E-state index is 0.499. The molecule has 0 saturated carbocycles. The van der Waals surface area contributed by atoms with Crippen molar-refractivity contribution in [1.82, 2.24) is 25.2 Å². The molecule has 28 heavy (non-hydrogen) atoms. The zero-order valence-corrected chi connectivity index (χ0v) is 16.5. The third-order valence-electron chi connectivity index (χ3n) is 5.16. The van der Waals surface area contributed by atoms with E-state index in [1.807, 2.05) is 41.8 Å². The van der Waals surface area contributed by atoms with Crippen LogP contribution < -0.4 is 20.7 Å². The van der Waals surface area contributed by atoms with Gasteiger partial charge in [0.25, 0.3) is 0 Å². The van der Waals surface area contributed by atoms with Crippen LogP contribution in [0.5, 0.6) is 5.75 Å². The van der Waals surface area contributed by atoms with Crippen LogP contribution in [0.2, 0.25) is 0 Å². The summed E-state index contributed by atoms with van der Waals surface area (Å²) in [5.74, 6) is 1.81. The van der Waals surface area contributed by atoms with Gasteiger partial charge in [-0.3, -0.25) is 0 Å². The van der Waals surface area contributed by atoms with Crippen molar-refractivity contribution in [2.75, 3.05) is 25.0 Å². The molecule has 3 aromatic rings. The molecule has 0 bridgehead atoms. The maximum absolute atomic E-state index is 5.53. The molecule has 1 unspecified atom stereocenters. The molecule has 3 N–H and O–H groups in total. The molecule has 0 amide bonds. The summed E-state index contributed by atoms with van der Waals surface area (Å²) in [6, 6.07) is 10.4. The second kappa shape index (κ2) is 8.58. The molecular formula is C21H28N6O. The predicted octanol–water partition coefficient (Wildman–Crippen LogP) is 3.02. The normalized spacial score (nSPS) is 17.0. The van der Waals surface area contributed by atoms with Crippen LogP contribution in [-0.2, 0) is 6.54 Å². The highest BCUT2D eigenvalue weighted by molar-refractivity contribution is 5.64. The van der Waals surface area contributed by atoms with Crippen molar-refractivity contribution in [1.29, 1.82) is 0 Å². The number of hydrogen-bond donors (Lipinski definition) is 3. The first-order valence-electron chi connectivity index (χ1n) is 10.0. The zero-order valence-electron chi connectivity index (χ0n) is 16.5. The number of anilines is 2. The zero-order chi connectivity index (χ0) is 19.3. The number of hydrogen-bond acceptors (Lipinski definition) is 6. The van der Waals surface area contributed by atoms with E-state index < -0.39 is 0 Å². The topological polar surface area (TPSA) is 75.5 Å². The van der Waals surface area contributed by atoms with E-state index >= 15 is 0 Å². The van der Waals surface area contributed by atoms with Crippen LogP contribution in [0.3, 0.4) is 0 Å². The number of aromatic nitrogens is 3. The number of fused-ring (bicyclic) bond motifs is 1. The van der Waals surface area contributed by atoms with Crippen LogP contribution in [0.25, 0.3) is 5.65 Å². The molecule has 148 valence electrons. The molecule has 4 rings (SSSR count). The monoisotopic (exact) mass is 380 g/mol. The van der Waals surface area contributed by atoms with E-state index in [0.29, 0.717) is 12.6 Å². The first-order chi connectivity index (χ1) is 13.7. The molecule has 1 aromatic carbocycles. The van der Waals surface area contributed by atoms with E-state index in [1.165, 1.54) is 12.8 Å². The molecule has 7 heteroatoms. The maximum Gasteiger partial charge on any atom is 0.157 e. The van der Waals surface area contributed by atoms with Gasteiger partial charge in [-0.1, -0.05) is 0 Å². The second-order valence-corrected chi connectivity index (χ2v) is 7.14. The average molecular weight is 380 g/mol. The van der Waals surface area contributed by atoms with Gasteiger partial charge in [0, 0.05) is 36.4 Å². The largest absolute Gasteiger partial charge is 0.494 e. The molecule has 7 nitrogen and oxygen atoms in total. The van der Waals surface area contributed by atoms with Crippen LogP contribution in [0.4, 0.5) is 11.5 Å². The van der Waals surface area contributed by atoms with E-state index in [-0.39, 0.29) is 0 Å². The summed E-state index contributed by atoms with van der Waals surface area (Å²) >= 11 is 0. The van der Waals surface area contributed by atoms with Crippen LogP contribution >= 0.6 is 0 Å². The average Bonchev–Trinajstić information content (AvgIpc) is 3.19. The van der Waals surface area contributed by atoms with Gasteiger partial charge in [0.15, 0.2) is 5.65 Å². The summed E-state index contributed by atoms with van der Waals surface area (Å²) < 4.78 is 7.39. The number of piperidine rings is 1. The number of rotatable bonds is 7. The highest BCUT2D eigenvalue weighted by atomic mass is 16.5. The van der Waals surface area contributed by atoms with Gasteiger partial charge in [0.2, 0.25) is 0 Å². The van der Waals surface area contributed by atoms with Crippen molar-refractivity contribution in [3.63, 3.8) is 0 Å². The summed E-state index contributed by atoms with van der Waals surface area (Å²) in [6.45, 7) is 7.63. The van der Waals surface area contributed by atoms with Crippen molar-refractivity contribution in [3.05, 3.63) is 47.8 Å². The fraction of sp³-hybridized carbons (Fsp3) is 0.429. The van der Waals surface area contributed by atoms with Gasteiger partial charge in [-0.15, -0.1) is 0 Å². The molecule has 1 atom stereocenters. The Hall–Kier alpha value is -2.64. The van der Waals surface area contributed by atoms with Crippen LogP contribution in [0.1, 0.15) is 31.0 Å². The Morgan fingerprint density at radius 1 is 1.25 bits per heavy atom. The fourth-order valence-corrected chi connectivity index (χ4v) is 3.59. The molecule has 3 heterocycles. The Morgan fingerprint density at radius 3 is 2.86 bits per heavy atom. The van der Waals surface area contributed by atoms with Gasteiger partial charge in [0.1, 0.15) is 11.6 Å². The summed E-state index contributed by atoms with van der Waals surface area (Å²) in [6.07, 6.45) is 4.21. The van der Waals surface area contributed by atoms with Crippen LogP contribution in [0.15, 0.2) is 36.5 Å². The Morgan fingerprint density at radius 2 is 2.11 bits per heavy atom. The van der Waals surface area contributed by atoms with E-state index in [2.05, 4.69) is 28.0 Å². The van der Waals surface area contributed by atoms with Crippen LogP contribution in [-0.4, -0.2) is 40.3 Å². The smallest absolute Gasteiger partial charge is 0.157 e. The molecular weight excluding hydrogens is 352 g/mol. The third kappa shape index (κ3) is 4.10. The van der Waals surface area contributed by atoms with E-state index in [9.17, 15) is 0 Å². The summed E-state index contributed by atoms with van der Waals surface area (Å²) in [7, 11) is 0. The molecule has 0 radical (unpaired) electrons. The molecule has 1 aliphatic heterocycles. The lowest BCUT2D eigenvalue weighted by molar-refractivity contribution is 0.340. The van der Waals surface area contributed by atoms with Gasteiger partial charge in [-0.2, -0.15) is 9.61 Å². The van der Waals surface area contributed by atoms with Gasteiger partial charge in [0.05, 0.1) is 18.5 Å². The fourth-order valence-electron chi connectivity index (χ4n) is 3.59. The first-order valence-corrected chi connectivity index (χ1v) is 10.0. The number of nitrogens with zero attached hydrogens (tertiary/aromatic N) is 3. The number of nitrogens with one attached hydrogen (secondary N) is 3. The minimum Gasteiger partial charge on any atom is -0.494 e. The Kier molecular flexibility index (Phi) is 5.73. The lowest BCUT2D eigenvalue weighted by Crippen LogP contribution is -2.42. The van der Waals surface area contributed by atoms with E-state index in [4.69, 9.17) is 9.72 Å². The standard InChI is InChI=1S/C21H28N6O/c1-3-28-18-8-6-16(7-9-18)25-21-15(2)19(26-20-10-12-24-27(20)21)14-23-17-5-4-11-22-13-17/h6-10,12,17,22-23,25H,3-5,11,13-14H2,1-2H3. The molecule has 2 aromatic heterocycles. The number of ether oxygens (including phenoxy) is 1. The van der Waals surface area contributed by atoms with Crippen molar-refractivity contribution in [2.24, 2.45) is 0 Å². The summed E-state index contributed by atoms with van der Waals surface area (Å²) in [5.41, 5.74) is 3.98. The third-order valence-corrected chi connectivity index (χ3v) is 5.16. The summed E-state index contributed by atoms with van der Waals surface area (Å²) in [4.78, 5) is 4.82. The highest BCUT2D eigenvalue weighted by Gasteiger charge is 2.16. The Labute approximate surface area is 165 Å². The van der Waals surface area contributed by atoms with Crippen molar-refractivity contribution in [2.45, 2.75) is 39.3 Å². The minimum atomic E-state index is 0.499. The predicted molar refractivity (Wildman–Crippen MR) is 111 cm³/mol. The second-order valence-electron chi connectivity index (χ2n) is 7.14. The van der Waals surface area contributed by atoms with Gasteiger partial charge in [-0.05, 0) is 57.5 Å². The van der Waals surface area contributed by atoms with E-state index in [1.54, 1.807) is 6.20 Å². The lowest BCUT2D eigenvalue weighted by Gasteiger charge is -2.24. The molecule has 0 spiro atoms. The molecule has 1 aliphatic rings. The summed E-state index contributed by atoms with van der Waals surface area (Å²) in [5, 5.41) is 15.1. The first kappa shape index (κ1) is 18.7. The number of benzene rings is 1. The molecule has 0 aliphatic carbocycles. The lowest BCUT2D eigenvalue weighted by atomic mass is 10.1. The van der Waals surface area contributed by atoms with Gasteiger partial charge >= 0.3 is 0 Å². The maximum atomic E-state index is 5.53. The molecule has 1 saturated heterocycles. The van der Waals surface area contributed by atoms with E-state index in [0.717, 1.165) is 53.8 Å². The van der Waals surface area contributed by atoms with Crippen molar-refractivity contribution < 1.29 is 4.74 Å². The van der Waals surface area contributed by atoms with Crippen molar-refractivity contribution >= 4 is 17.2 Å². The Balaban J connectivity index is 1.57. The SMILES string of the molecule is CCOc1ccc(Nc2c(C)c(CNC3CCCNC3)nc3ccnn23)cc1. The quantitative estimate of drug-likeness (QED) is 0.585. The van der Waals surface area contributed by atoms with Gasteiger partial charge in [-0.25, -0.2) is 4.98 Å². The highest BCUT2D eigenvalue weighted by Crippen LogP contribution is 2.25. The van der Waals surface area contributed by atoms with Crippen molar-refractivity contribution in [3.8, 4) is 5.75 Å².